The minimum Gasteiger partial charge on any atom is -0.269 e. The molecule has 1 aromatic carbocycles. The van der Waals surface area contributed by atoms with E-state index in [0.717, 1.165) is 4.90 Å². The highest BCUT2D eigenvalue weighted by molar-refractivity contribution is 7.99. The van der Waals surface area contributed by atoms with E-state index < -0.39 is 5.91 Å². The van der Waals surface area contributed by atoms with Crippen molar-refractivity contribution in [3.8, 4) is 0 Å². The molecule has 0 unspecified atom stereocenters. The molecule has 0 aliphatic carbocycles. The third kappa shape index (κ3) is 4.31. The minimum absolute atomic E-state index is 0.169. The van der Waals surface area contributed by atoms with Crippen LogP contribution in [0, 0.1) is 9.81 Å². The Kier molecular flexibility index (Phi) is 5.35. The molecule has 0 aromatic heterocycles. The third-order valence-electron chi connectivity index (χ3n) is 1.83. The number of hydrogen-bond donors (Lipinski definition) is 0. The number of nitrogens with zero attached hydrogens (tertiary/aromatic N) is 2. The van der Waals surface area contributed by atoms with Crippen LogP contribution in [-0.2, 0) is 4.79 Å². The zero-order valence-electron chi connectivity index (χ0n) is 8.46. The lowest BCUT2D eigenvalue weighted by atomic mass is 10.3. The number of carbonyl (C=O) groups excluding carboxylic acids is 1. The Morgan fingerprint density at radius 2 is 2.12 bits per heavy atom. The van der Waals surface area contributed by atoms with E-state index in [1.54, 1.807) is 18.2 Å². The van der Waals surface area contributed by atoms with Crippen LogP contribution >= 0.6 is 11.8 Å². The smallest absolute Gasteiger partial charge is 0.269 e. The Morgan fingerprint density at radius 3 is 2.81 bits per heavy atom. The molecule has 6 heteroatoms. The molecule has 0 atom stereocenters. The molecule has 0 spiro atoms. The molecule has 0 fully saturated rings. The van der Waals surface area contributed by atoms with Crippen molar-refractivity contribution in [3.05, 3.63) is 34.1 Å². The van der Waals surface area contributed by atoms with Gasteiger partial charge in [0.05, 0.1) is 0 Å². The molecule has 1 aromatic rings. The maximum absolute atomic E-state index is 10.6. The highest BCUT2D eigenvalue weighted by atomic mass is 32.2. The van der Waals surface area contributed by atoms with Crippen LogP contribution in [0.15, 0.2) is 39.5 Å². The van der Waals surface area contributed by atoms with Gasteiger partial charge in [0, 0.05) is 16.5 Å². The van der Waals surface area contributed by atoms with Crippen LogP contribution in [0.5, 0.6) is 0 Å². The summed E-state index contributed by atoms with van der Waals surface area (Å²) in [6.07, 6.45) is 0.760. The second-order valence-corrected chi connectivity index (χ2v) is 4.19. The fourth-order valence-corrected chi connectivity index (χ4v) is 1.99. The first-order valence-electron chi connectivity index (χ1n) is 4.68. The summed E-state index contributed by atoms with van der Waals surface area (Å²) in [7, 11) is 0. The molecule has 0 saturated heterocycles. The third-order valence-corrected chi connectivity index (χ3v) is 2.91. The van der Waals surface area contributed by atoms with Gasteiger partial charge in [-0.05, 0) is 35.5 Å². The Balaban J connectivity index is 2.34. The number of carbonyl (C=O) groups is 1. The summed E-state index contributed by atoms with van der Waals surface area (Å²) in [5.41, 5.74) is 0.385. The van der Waals surface area contributed by atoms with Crippen molar-refractivity contribution in [1.29, 1.82) is 0 Å². The fraction of sp³-hybridized carbons (Fsp3) is 0.300. The lowest BCUT2D eigenvalue weighted by Crippen LogP contribution is -1.92. The van der Waals surface area contributed by atoms with Crippen molar-refractivity contribution in [2.75, 3.05) is 5.75 Å². The average molecular weight is 238 g/mol. The van der Waals surface area contributed by atoms with Crippen LogP contribution in [0.3, 0.4) is 0 Å². The van der Waals surface area contributed by atoms with E-state index in [9.17, 15) is 14.6 Å². The number of benzene rings is 1. The normalized spacial score (nSPS) is 9.75. The van der Waals surface area contributed by atoms with Gasteiger partial charge in [0.25, 0.3) is 5.91 Å². The Labute approximate surface area is 96.6 Å². The van der Waals surface area contributed by atoms with E-state index in [1.807, 2.05) is 6.07 Å². The molecule has 16 heavy (non-hydrogen) atoms. The van der Waals surface area contributed by atoms with E-state index >= 15 is 0 Å². The predicted molar refractivity (Wildman–Crippen MR) is 62.7 cm³/mol. The molecule has 1 rings (SSSR count). The SMILES string of the molecule is O=NC(=O)CCCSc1cccc(N=O)c1. The second-order valence-electron chi connectivity index (χ2n) is 3.03. The van der Waals surface area contributed by atoms with Crippen molar-refractivity contribution in [3.63, 3.8) is 0 Å². The zero-order chi connectivity index (χ0) is 11.8. The van der Waals surface area contributed by atoms with Gasteiger partial charge >= 0.3 is 0 Å². The first kappa shape index (κ1) is 12.5. The molecule has 0 saturated carbocycles. The van der Waals surface area contributed by atoms with Gasteiger partial charge in [-0.1, -0.05) is 6.07 Å². The highest BCUT2D eigenvalue weighted by Crippen LogP contribution is 2.23. The first-order valence-corrected chi connectivity index (χ1v) is 5.67. The summed E-state index contributed by atoms with van der Waals surface area (Å²) in [5, 5.41) is 5.13. The van der Waals surface area contributed by atoms with Gasteiger partial charge in [-0.2, -0.15) is 0 Å². The van der Waals surface area contributed by atoms with Crippen molar-refractivity contribution < 1.29 is 4.79 Å². The summed E-state index contributed by atoms with van der Waals surface area (Å²) in [6, 6.07) is 6.91. The molecule has 84 valence electrons. The number of hydrogen-bond acceptors (Lipinski definition) is 5. The van der Waals surface area contributed by atoms with Crippen LogP contribution in [-0.4, -0.2) is 11.7 Å². The molecule has 0 N–H and O–H groups in total. The predicted octanol–water partition coefficient (Wildman–Crippen LogP) is 3.25. The van der Waals surface area contributed by atoms with Gasteiger partial charge in [0.1, 0.15) is 5.69 Å². The molecular weight excluding hydrogens is 228 g/mol. The van der Waals surface area contributed by atoms with Crippen molar-refractivity contribution in [2.24, 2.45) is 10.4 Å². The molecule has 0 aliphatic rings. The summed E-state index contributed by atoms with van der Waals surface area (Å²) >= 11 is 1.51. The maximum Gasteiger partial charge on any atom is 0.286 e. The quantitative estimate of drug-likeness (QED) is 0.433. The topological polar surface area (TPSA) is 75.9 Å². The summed E-state index contributed by atoms with van der Waals surface area (Å²) in [6.45, 7) is 0. The van der Waals surface area contributed by atoms with Crippen molar-refractivity contribution in [1.82, 2.24) is 0 Å². The number of amides is 1. The van der Waals surface area contributed by atoms with Crippen molar-refractivity contribution >= 4 is 23.4 Å². The summed E-state index contributed by atoms with van der Waals surface area (Å²) < 4.78 is 0. The summed E-state index contributed by atoms with van der Waals surface area (Å²) in [4.78, 5) is 31.6. The van der Waals surface area contributed by atoms with Crippen LogP contribution in [0.25, 0.3) is 0 Å². The molecule has 1 amide bonds. The first-order chi connectivity index (χ1) is 7.76. The standard InChI is InChI=1S/C10H10N2O3S/c13-10(12-15)5-2-6-16-9-4-1-3-8(7-9)11-14/h1,3-4,7H,2,5-6H2. The van der Waals surface area contributed by atoms with E-state index in [1.165, 1.54) is 11.8 Å². The van der Waals surface area contributed by atoms with Gasteiger partial charge < -0.3 is 0 Å². The van der Waals surface area contributed by atoms with Crippen LogP contribution in [0.4, 0.5) is 5.69 Å². The minimum atomic E-state index is -0.621. The lowest BCUT2D eigenvalue weighted by Gasteiger charge is -2.00. The highest BCUT2D eigenvalue weighted by Gasteiger charge is 2.01. The van der Waals surface area contributed by atoms with Gasteiger partial charge in [-0.3, -0.25) is 4.79 Å². The van der Waals surface area contributed by atoms with E-state index in [4.69, 9.17) is 0 Å². The lowest BCUT2D eigenvalue weighted by molar-refractivity contribution is -0.117. The van der Waals surface area contributed by atoms with Gasteiger partial charge in [0.2, 0.25) is 0 Å². The molecule has 0 bridgehead atoms. The Hall–Kier alpha value is -1.56. The second kappa shape index (κ2) is 6.84. The van der Waals surface area contributed by atoms with Crippen LogP contribution in [0.2, 0.25) is 0 Å². The van der Waals surface area contributed by atoms with E-state index in [0.29, 0.717) is 17.9 Å². The zero-order valence-corrected chi connectivity index (χ0v) is 9.27. The number of nitroso groups, excluding NO2 is 2. The van der Waals surface area contributed by atoms with Gasteiger partial charge in [-0.25, -0.2) is 0 Å². The van der Waals surface area contributed by atoms with Crippen molar-refractivity contribution in [2.45, 2.75) is 17.7 Å². The van der Waals surface area contributed by atoms with Crippen LogP contribution in [0.1, 0.15) is 12.8 Å². The maximum atomic E-state index is 10.6. The monoisotopic (exact) mass is 238 g/mol. The molecule has 0 heterocycles. The molecule has 0 radical (unpaired) electrons. The largest absolute Gasteiger partial charge is 0.286 e. The molecule has 0 aliphatic heterocycles. The Morgan fingerprint density at radius 1 is 1.31 bits per heavy atom. The fourth-order valence-electron chi connectivity index (χ4n) is 1.09. The van der Waals surface area contributed by atoms with Gasteiger partial charge in [-0.15, -0.1) is 21.6 Å². The van der Waals surface area contributed by atoms with E-state index in [2.05, 4.69) is 10.4 Å². The molecular formula is C10H10N2O3S. The average Bonchev–Trinajstić information content (AvgIpc) is 2.34. The number of rotatable bonds is 6. The number of thioether (sulfide) groups is 1. The molecule has 5 nitrogen and oxygen atoms in total. The van der Waals surface area contributed by atoms with E-state index in [-0.39, 0.29) is 6.42 Å². The Bertz CT molecular complexity index is 395. The van der Waals surface area contributed by atoms with Crippen LogP contribution < -0.4 is 0 Å². The van der Waals surface area contributed by atoms with Gasteiger partial charge in [0.15, 0.2) is 0 Å². The summed E-state index contributed by atoms with van der Waals surface area (Å²) in [5.74, 6) is 0.0766.